The average molecular weight is 294 g/mol. The molecular formula is C16H18N6. The maximum atomic E-state index is 4.41. The first-order chi connectivity index (χ1) is 10.5. The van der Waals surface area contributed by atoms with Crippen molar-refractivity contribution < 1.29 is 0 Å². The first kappa shape index (κ1) is 14.2. The Bertz CT molecular complexity index is 768. The fourth-order valence-corrected chi connectivity index (χ4v) is 2.24. The van der Waals surface area contributed by atoms with Crippen molar-refractivity contribution in [2.45, 2.75) is 13.8 Å². The summed E-state index contributed by atoms with van der Waals surface area (Å²) in [5.74, 6) is 0.605. The summed E-state index contributed by atoms with van der Waals surface area (Å²) in [5, 5.41) is 8.35. The summed E-state index contributed by atoms with van der Waals surface area (Å²) in [5.41, 5.74) is 4.61. The highest BCUT2D eigenvalue weighted by atomic mass is 15.4. The van der Waals surface area contributed by atoms with E-state index in [0.29, 0.717) is 11.5 Å². The van der Waals surface area contributed by atoms with Crippen molar-refractivity contribution in [3.63, 3.8) is 0 Å². The lowest BCUT2D eigenvalue weighted by Crippen LogP contribution is -2.08. The zero-order valence-corrected chi connectivity index (χ0v) is 13.1. The van der Waals surface area contributed by atoms with E-state index in [0.717, 1.165) is 22.8 Å². The topological polar surface area (TPSA) is 59.7 Å². The van der Waals surface area contributed by atoms with Gasteiger partial charge in [0.15, 0.2) is 11.5 Å². The molecule has 0 unspecified atom stereocenters. The molecule has 1 aromatic carbocycles. The van der Waals surface area contributed by atoms with Crippen LogP contribution in [-0.4, -0.2) is 39.1 Å². The predicted molar refractivity (Wildman–Crippen MR) is 86.2 cm³/mol. The minimum Gasteiger partial charge on any atom is -0.378 e. The minimum absolute atomic E-state index is 0.605. The molecular weight excluding hydrogens is 276 g/mol. The zero-order chi connectivity index (χ0) is 15.7. The molecule has 112 valence electrons. The highest BCUT2D eigenvalue weighted by molar-refractivity contribution is 5.52. The molecule has 6 heteroatoms. The van der Waals surface area contributed by atoms with Crippen molar-refractivity contribution in [1.29, 1.82) is 0 Å². The van der Waals surface area contributed by atoms with Gasteiger partial charge in [0.1, 0.15) is 0 Å². The molecule has 0 aliphatic carbocycles. The fraction of sp³-hybridized carbons (Fsp3) is 0.250. The number of hydrogen-bond acceptors (Lipinski definition) is 5. The monoisotopic (exact) mass is 294 g/mol. The maximum Gasteiger partial charge on any atom is 0.182 e. The third-order valence-electron chi connectivity index (χ3n) is 3.34. The van der Waals surface area contributed by atoms with E-state index in [2.05, 4.69) is 25.2 Å². The van der Waals surface area contributed by atoms with Crippen LogP contribution in [0.4, 0.5) is 5.69 Å². The number of hydrogen-bond donors (Lipinski definition) is 0. The quantitative estimate of drug-likeness (QED) is 0.742. The molecule has 0 bridgehead atoms. The Labute approximate surface area is 129 Å². The second kappa shape index (κ2) is 5.55. The van der Waals surface area contributed by atoms with E-state index >= 15 is 0 Å². The molecule has 0 aliphatic heterocycles. The van der Waals surface area contributed by atoms with Gasteiger partial charge in [-0.05, 0) is 44.2 Å². The Balaban J connectivity index is 1.93. The fourth-order valence-electron chi connectivity index (χ4n) is 2.24. The number of nitrogens with zero attached hydrogens (tertiary/aromatic N) is 6. The van der Waals surface area contributed by atoms with Crippen molar-refractivity contribution >= 4 is 5.69 Å². The van der Waals surface area contributed by atoms with Crippen LogP contribution in [0.3, 0.4) is 0 Å². The molecule has 0 atom stereocenters. The summed E-state index contributed by atoms with van der Waals surface area (Å²) < 4.78 is 1.73. The molecule has 0 fully saturated rings. The highest BCUT2D eigenvalue weighted by Crippen LogP contribution is 2.17. The molecule has 6 nitrogen and oxygen atoms in total. The predicted octanol–water partition coefficient (Wildman–Crippen LogP) is 2.41. The van der Waals surface area contributed by atoms with Gasteiger partial charge < -0.3 is 4.90 Å². The highest BCUT2D eigenvalue weighted by Gasteiger charge is 2.09. The molecule has 3 rings (SSSR count). The van der Waals surface area contributed by atoms with Gasteiger partial charge in [0, 0.05) is 31.2 Å². The van der Waals surface area contributed by atoms with Gasteiger partial charge in [0.2, 0.25) is 0 Å². The molecule has 3 aromatic rings. The van der Waals surface area contributed by atoms with Gasteiger partial charge in [-0.1, -0.05) is 5.21 Å². The minimum atomic E-state index is 0.605. The van der Waals surface area contributed by atoms with Crippen molar-refractivity contribution in [2.24, 2.45) is 0 Å². The number of benzene rings is 1. The summed E-state index contributed by atoms with van der Waals surface area (Å²) in [7, 11) is 4.03. The van der Waals surface area contributed by atoms with Crippen LogP contribution in [-0.2, 0) is 0 Å². The molecule has 0 N–H and O–H groups in total. The van der Waals surface area contributed by atoms with Gasteiger partial charge in [-0.3, -0.25) is 0 Å². The number of aryl methyl sites for hydroxylation is 2. The normalized spacial score (nSPS) is 10.7. The Morgan fingerprint density at radius 1 is 0.955 bits per heavy atom. The maximum absolute atomic E-state index is 4.41. The van der Waals surface area contributed by atoms with E-state index < -0.39 is 0 Å². The molecule has 0 saturated heterocycles. The second-order valence-electron chi connectivity index (χ2n) is 5.43. The van der Waals surface area contributed by atoms with Crippen LogP contribution in [0.2, 0.25) is 0 Å². The molecule has 0 radical (unpaired) electrons. The number of aromatic nitrogens is 5. The third-order valence-corrected chi connectivity index (χ3v) is 3.34. The van der Waals surface area contributed by atoms with Crippen LogP contribution < -0.4 is 4.90 Å². The molecule has 0 amide bonds. The Morgan fingerprint density at radius 3 is 2.18 bits per heavy atom. The Morgan fingerprint density at radius 2 is 1.59 bits per heavy atom. The Kier molecular flexibility index (Phi) is 3.58. The molecule has 0 saturated carbocycles. The van der Waals surface area contributed by atoms with Crippen LogP contribution in [0.15, 0.2) is 36.5 Å². The van der Waals surface area contributed by atoms with Crippen molar-refractivity contribution in [3.05, 3.63) is 47.9 Å². The van der Waals surface area contributed by atoms with Gasteiger partial charge in [-0.2, -0.15) is 0 Å². The number of rotatable bonds is 3. The van der Waals surface area contributed by atoms with Gasteiger partial charge in [-0.25, -0.2) is 14.6 Å². The zero-order valence-electron chi connectivity index (χ0n) is 13.1. The summed E-state index contributed by atoms with van der Waals surface area (Å²) in [6.07, 6.45) is 1.85. The van der Waals surface area contributed by atoms with E-state index in [1.54, 1.807) is 4.68 Å². The van der Waals surface area contributed by atoms with E-state index in [1.165, 1.54) is 0 Å². The molecule has 2 heterocycles. The Hall–Kier alpha value is -2.76. The van der Waals surface area contributed by atoms with Crippen LogP contribution >= 0.6 is 0 Å². The van der Waals surface area contributed by atoms with E-state index in [-0.39, 0.29) is 0 Å². The summed E-state index contributed by atoms with van der Waals surface area (Å²) >= 11 is 0. The summed E-state index contributed by atoms with van der Waals surface area (Å²) in [6, 6.07) is 10.0. The lowest BCUT2D eigenvalue weighted by Gasteiger charge is -2.12. The van der Waals surface area contributed by atoms with E-state index in [4.69, 9.17) is 0 Å². The van der Waals surface area contributed by atoms with Crippen molar-refractivity contribution in [3.8, 4) is 17.2 Å². The SMILES string of the molecule is Cc1cc(C)nc(-c2cn(-c3ccc(N(C)C)cc3)nn2)n1. The smallest absolute Gasteiger partial charge is 0.182 e. The van der Waals surface area contributed by atoms with Crippen molar-refractivity contribution in [1.82, 2.24) is 25.0 Å². The molecule has 2 aromatic heterocycles. The molecule has 0 aliphatic rings. The van der Waals surface area contributed by atoms with Crippen LogP contribution in [0.25, 0.3) is 17.2 Å². The molecule has 0 spiro atoms. The first-order valence-corrected chi connectivity index (χ1v) is 7.06. The number of anilines is 1. The van der Waals surface area contributed by atoms with Crippen molar-refractivity contribution in [2.75, 3.05) is 19.0 Å². The lowest BCUT2D eigenvalue weighted by atomic mass is 10.2. The van der Waals surface area contributed by atoms with Crippen LogP contribution in [0.5, 0.6) is 0 Å². The van der Waals surface area contributed by atoms with E-state index in [1.807, 2.05) is 64.5 Å². The van der Waals surface area contributed by atoms with Gasteiger partial charge in [0.05, 0.1) is 11.9 Å². The van der Waals surface area contributed by atoms with E-state index in [9.17, 15) is 0 Å². The first-order valence-electron chi connectivity index (χ1n) is 7.06. The van der Waals surface area contributed by atoms with Gasteiger partial charge in [-0.15, -0.1) is 5.10 Å². The largest absolute Gasteiger partial charge is 0.378 e. The van der Waals surface area contributed by atoms with Gasteiger partial charge in [0.25, 0.3) is 0 Å². The summed E-state index contributed by atoms with van der Waals surface area (Å²) in [4.78, 5) is 10.9. The average Bonchev–Trinajstić information content (AvgIpc) is 2.96. The summed E-state index contributed by atoms with van der Waals surface area (Å²) in [6.45, 7) is 3.89. The van der Waals surface area contributed by atoms with Crippen LogP contribution in [0.1, 0.15) is 11.4 Å². The lowest BCUT2D eigenvalue weighted by molar-refractivity contribution is 0.803. The van der Waals surface area contributed by atoms with Crippen LogP contribution in [0, 0.1) is 13.8 Å². The molecule has 22 heavy (non-hydrogen) atoms. The third kappa shape index (κ3) is 2.81. The standard InChI is InChI=1S/C16H18N6/c1-11-9-12(2)18-16(17-11)15-10-22(20-19-15)14-7-5-13(6-8-14)21(3)4/h5-10H,1-4H3. The second-order valence-corrected chi connectivity index (χ2v) is 5.43. The van der Waals surface area contributed by atoms with Gasteiger partial charge >= 0.3 is 0 Å².